The second kappa shape index (κ2) is 3.03. The van der Waals surface area contributed by atoms with Crippen molar-refractivity contribution in [3.63, 3.8) is 0 Å². The average molecular weight is 174 g/mol. The molecule has 0 fully saturated rings. The van der Waals surface area contributed by atoms with Crippen LogP contribution in [0.5, 0.6) is 0 Å². The predicted molar refractivity (Wildman–Crippen MR) is 47.2 cm³/mol. The van der Waals surface area contributed by atoms with E-state index in [1.807, 2.05) is 0 Å². The third-order valence-electron chi connectivity index (χ3n) is 2.61. The van der Waals surface area contributed by atoms with Crippen LogP contribution < -0.4 is 11.5 Å². The SMILES string of the molecule is CC(C)(N)C(C)(C)C(O)C(N)=O. The van der Waals surface area contributed by atoms with Crippen LogP contribution in [-0.4, -0.2) is 22.7 Å². The number of amides is 1. The summed E-state index contributed by atoms with van der Waals surface area (Å²) < 4.78 is 0. The van der Waals surface area contributed by atoms with Crippen LogP contribution in [-0.2, 0) is 4.79 Å². The van der Waals surface area contributed by atoms with Crippen molar-refractivity contribution in [3.8, 4) is 0 Å². The van der Waals surface area contributed by atoms with Gasteiger partial charge >= 0.3 is 0 Å². The molecular weight excluding hydrogens is 156 g/mol. The lowest BCUT2D eigenvalue weighted by Gasteiger charge is -2.40. The van der Waals surface area contributed by atoms with Crippen molar-refractivity contribution in [1.29, 1.82) is 0 Å². The third-order valence-corrected chi connectivity index (χ3v) is 2.61. The first-order valence-electron chi connectivity index (χ1n) is 3.87. The summed E-state index contributed by atoms with van der Waals surface area (Å²) in [5.74, 6) is -0.737. The normalized spacial score (nSPS) is 15.8. The Morgan fingerprint density at radius 2 is 1.67 bits per heavy atom. The van der Waals surface area contributed by atoms with Gasteiger partial charge in [-0.3, -0.25) is 4.79 Å². The standard InChI is InChI=1S/C8H18N2O2/c1-7(2,8(3,4)10)5(11)6(9)12/h5,11H,10H2,1-4H3,(H2,9,12). The molecule has 12 heavy (non-hydrogen) atoms. The molecule has 0 aliphatic rings. The van der Waals surface area contributed by atoms with Gasteiger partial charge in [-0.2, -0.15) is 0 Å². The second-order valence-corrected chi connectivity index (χ2v) is 4.25. The van der Waals surface area contributed by atoms with Crippen molar-refractivity contribution < 1.29 is 9.90 Å². The summed E-state index contributed by atoms with van der Waals surface area (Å²) >= 11 is 0. The van der Waals surface area contributed by atoms with E-state index in [1.54, 1.807) is 27.7 Å². The van der Waals surface area contributed by atoms with Gasteiger partial charge in [0.15, 0.2) is 0 Å². The zero-order chi connectivity index (χ0) is 10.2. The van der Waals surface area contributed by atoms with Crippen molar-refractivity contribution in [2.45, 2.75) is 39.3 Å². The first kappa shape index (κ1) is 11.4. The van der Waals surface area contributed by atoms with Gasteiger partial charge in [-0.1, -0.05) is 13.8 Å². The molecule has 1 unspecified atom stereocenters. The van der Waals surface area contributed by atoms with Gasteiger partial charge < -0.3 is 16.6 Å². The van der Waals surface area contributed by atoms with Crippen LogP contribution >= 0.6 is 0 Å². The second-order valence-electron chi connectivity index (χ2n) is 4.25. The number of aliphatic hydroxyl groups excluding tert-OH is 1. The van der Waals surface area contributed by atoms with Crippen molar-refractivity contribution in [1.82, 2.24) is 0 Å². The lowest BCUT2D eigenvalue weighted by Crippen LogP contribution is -2.57. The molecule has 1 amide bonds. The summed E-state index contributed by atoms with van der Waals surface area (Å²) in [7, 11) is 0. The van der Waals surface area contributed by atoms with E-state index in [1.165, 1.54) is 0 Å². The Balaban J connectivity index is 4.73. The molecule has 0 aliphatic carbocycles. The molecule has 0 saturated carbocycles. The zero-order valence-electron chi connectivity index (χ0n) is 8.09. The fourth-order valence-electron chi connectivity index (χ4n) is 0.708. The van der Waals surface area contributed by atoms with E-state index < -0.39 is 23.0 Å². The lowest BCUT2D eigenvalue weighted by atomic mass is 9.71. The molecule has 0 aliphatic heterocycles. The molecule has 1 atom stereocenters. The Labute approximate surface area is 72.9 Å². The van der Waals surface area contributed by atoms with Gasteiger partial charge in [-0.15, -0.1) is 0 Å². The summed E-state index contributed by atoms with van der Waals surface area (Å²) in [6, 6.07) is 0. The molecule has 0 rings (SSSR count). The van der Waals surface area contributed by atoms with Crippen LogP contribution in [0, 0.1) is 5.41 Å². The van der Waals surface area contributed by atoms with E-state index in [2.05, 4.69) is 0 Å². The summed E-state index contributed by atoms with van der Waals surface area (Å²) in [4.78, 5) is 10.7. The maximum absolute atomic E-state index is 10.7. The summed E-state index contributed by atoms with van der Waals surface area (Å²) in [5, 5.41) is 9.44. The van der Waals surface area contributed by atoms with Gasteiger partial charge in [0, 0.05) is 11.0 Å². The number of carbonyl (C=O) groups is 1. The third kappa shape index (κ3) is 1.95. The minimum absolute atomic E-state index is 0.651. The number of primary amides is 1. The van der Waals surface area contributed by atoms with Gasteiger partial charge in [-0.25, -0.2) is 0 Å². The molecule has 0 aromatic heterocycles. The van der Waals surface area contributed by atoms with Crippen LogP contribution in [0.25, 0.3) is 0 Å². The molecule has 4 heteroatoms. The van der Waals surface area contributed by atoms with E-state index in [4.69, 9.17) is 11.5 Å². The van der Waals surface area contributed by atoms with Crippen molar-refractivity contribution in [2.75, 3.05) is 0 Å². The van der Waals surface area contributed by atoms with E-state index in [0.717, 1.165) is 0 Å². The number of nitrogens with two attached hydrogens (primary N) is 2. The number of rotatable bonds is 3. The molecule has 5 N–H and O–H groups in total. The average Bonchev–Trinajstić information content (AvgIpc) is 1.83. The molecule has 0 aromatic rings. The van der Waals surface area contributed by atoms with Gasteiger partial charge in [0.25, 0.3) is 0 Å². The van der Waals surface area contributed by atoms with Crippen molar-refractivity contribution in [2.24, 2.45) is 16.9 Å². The van der Waals surface area contributed by atoms with Gasteiger partial charge in [0.05, 0.1) is 0 Å². The Hall–Kier alpha value is -0.610. The molecule has 72 valence electrons. The van der Waals surface area contributed by atoms with Gasteiger partial charge in [-0.05, 0) is 13.8 Å². The van der Waals surface area contributed by atoms with Crippen LogP contribution in [0.4, 0.5) is 0 Å². The maximum atomic E-state index is 10.7. The summed E-state index contributed by atoms with van der Waals surface area (Å²) in [6.07, 6.45) is -1.21. The summed E-state index contributed by atoms with van der Waals surface area (Å²) in [6.45, 7) is 6.92. The largest absolute Gasteiger partial charge is 0.383 e. The molecule has 0 saturated heterocycles. The van der Waals surface area contributed by atoms with Crippen LogP contribution in [0.3, 0.4) is 0 Å². The first-order valence-corrected chi connectivity index (χ1v) is 3.87. The van der Waals surface area contributed by atoms with E-state index >= 15 is 0 Å². The van der Waals surface area contributed by atoms with Gasteiger partial charge in [0.2, 0.25) is 5.91 Å². The molecule has 0 heterocycles. The highest BCUT2D eigenvalue weighted by atomic mass is 16.3. The number of hydrogen-bond acceptors (Lipinski definition) is 3. The monoisotopic (exact) mass is 174 g/mol. The quantitative estimate of drug-likeness (QED) is 0.543. The Morgan fingerprint density at radius 3 is 1.75 bits per heavy atom. The zero-order valence-corrected chi connectivity index (χ0v) is 8.09. The van der Waals surface area contributed by atoms with E-state index in [-0.39, 0.29) is 0 Å². The Bertz CT molecular complexity index is 182. The molecular formula is C8H18N2O2. The molecule has 4 nitrogen and oxygen atoms in total. The van der Waals surface area contributed by atoms with Crippen LogP contribution in [0.2, 0.25) is 0 Å². The first-order chi connectivity index (χ1) is 5.10. The smallest absolute Gasteiger partial charge is 0.246 e. The van der Waals surface area contributed by atoms with Crippen molar-refractivity contribution >= 4 is 5.91 Å². The topological polar surface area (TPSA) is 89.3 Å². The van der Waals surface area contributed by atoms with Gasteiger partial charge in [0.1, 0.15) is 6.10 Å². The molecule has 0 bridgehead atoms. The predicted octanol–water partition coefficient (Wildman–Crippen LogP) is -0.404. The highest BCUT2D eigenvalue weighted by molar-refractivity contribution is 5.79. The minimum atomic E-state index is -1.21. The highest BCUT2D eigenvalue weighted by Crippen LogP contribution is 2.31. The fraction of sp³-hybridized carbons (Fsp3) is 0.875. The molecule has 0 aromatic carbocycles. The van der Waals surface area contributed by atoms with E-state index in [0.29, 0.717) is 0 Å². The number of carbonyl (C=O) groups excluding carboxylic acids is 1. The van der Waals surface area contributed by atoms with E-state index in [9.17, 15) is 9.90 Å². The minimum Gasteiger partial charge on any atom is -0.383 e. The fourth-order valence-corrected chi connectivity index (χ4v) is 0.708. The van der Waals surface area contributed by atoms with Crippen LogP contribution in [0.1, 0.15) is 27.7 Å². The molecule has 0 radical (unpaired) electrons. The van der Waals surface area contributed by atoms with Crippen LogP contribution in [0.15, 0.2) is 0 Å². The highest BCUT2D eigenvalue weighted by Gasteiger charge is 2.42. The Kier molecular flexibility index (Phi) is 2.88. The molecule has 0 spiro atoms. The Morgan fingerprint density at radius 1 is 1.33 bits per heavy atom. The number of aliphatic hydroxyl groups is 1. The maximum Gasteiger partial charge on any atom is 0.246 e. The summed E-state index contributed by atoms with van der Waals surface area (Å²) in [5.41, 5.74) is 9.38. The van der Waals surface area contributed by atoms with Crippen molar-refractivity contribution in [3.05, 3.63) is 0 Å². The lowest BCUT2D eigenvalue weighted by molar-refractivity contribution is -0.134. The number of hydrogen-bond donors (Lipinski definition) is 3.